The number of aromatic nitrogens is 1. The fraction of sp³-hybridized carbons (Fsp3) is 0.105. The van der Waals surface area contributed by atoms with Crippen LogP contribution in [-0.4, -0.2) is 17.0 Å². The molecule has 8 heteroatoms. The Bertz CT molecular complexity index is 988. The second kappa shape index (κ2) is 8.70. The van der Waals surface area contributed by atoms with Gasteiger partial charge in [0.15, 0.2) is 5.83 Å². The number of hydrogen-bond acceptors (Lipinski definition) is 5. The lowest BCUT2D eigenvalue weighted by molar-refractivity contribution is 0.613. The van der Waals surface area contributed by atoms with E-state index < -0.39 is 17.2 Å². The third-order valence-electron chi connectivity index (χ3n) is 3.70. The van der Waals surface area contributed by atoms with E-state index >= 15 is 0 Å². The quantitative estimate of drug-likeness (QED) is 0.443. The number of nitrogens with one attached hydrogen (secondary N) is 3. The number of hydrogen-bond donors (Lipinski definition) is 4. The molecule has 0 aliphatic heterocycles. The molecule has 1 aromatic heterocycles. The lowest BCUT2D eigenvalue weighted by Crippen LogP contribution is -2.24. The number of benzene rings is 1. The van der Waals surface area contributed by atoms with Crippen molar-refractivity contribution >= 4 is 23.8 Å². The summed E-state index contributed by atoms with van der Waals surface area (Å²) in [5.41, 5.74) is 5.60. The van der Waals surface area contributed by atoms with Crippen LogP contribution in [-0.2, 0) is 6.54 Å². The Balaban J connectivity index is 2.47. The number of allylic oxidation sites excluding steroid dienone is 4. The molecule has 6 nitrogen and oxygen atoms in total. The zero-order chi connectivity index (χ0) is 20.0. The van der Waals surface area contributed by atoms with E-state index in [1.54, 1.807) is 18.2 Å². The number of rotatable bonds is 7. The fourth-order valence-corrected chi connectivity index (χ4v) is 2.41. The van der Waals surface area contributed by atoms with Crippen LogP contribution >= 0.6 is 0 Å². The summed E-state index contributed by atoms with van der Waals surface area (Å²) in [7, 11) is 0. The highest BCUT2D eigenvalue weighted by Crippen LogP contribution is 2.17. The van der Waals surface area contributed by atoms with Gasteiger partial charge in [0.05, 0.1) is 23.2 Å². The molecule has 2 rings (SSSR count). The predicted octanol–water partition coefficient (Wildman–Crippen LogP) is 3.25. The molecule has 140 valence electrons. The maximum Gasteiger partial charge on any atom is 0.266 e. The molecule has 0 saturated heterocycles. The van der Waals surface area contributed by atoms with E-state index in [2.05, 4.69) is 5.32 Å². The van der Waals surface area contributed by atoms with E-state index in [0.717, 1.165) is 10.8 Å². The van der Waals surface area contributed by atoms with Crippen LogP contribution < -0.4 is 16.6 Å². The molecule has 0 atom stereocenters. The molecule has 0 radical (unpaired) electrons. The fourth-order valence-electron chi connectivity index (χ4n) is 2.41. The van der Waals surface area contributed by atoms with Crippen LogP contribution in [0.2, 0.25) is 0 Å². The summed E-state index contributed by atoms with van der Waals surface area (Å²) >= 11 is 0. The van der Waals surface area contributed by atoms with Gasteiger partial charge in [-0.3, -0.25) is 9.36 Å². The second-order valence-corrected chi connectivity index (χ2v) is 5.67. The molecule has 0 saturated carbocycles. The van der Waals surface area contributed by atoms with Gasteiger partial charge in [-0.15, -0.1) is 0 Å². The summed E-state index contributed by atoms with van der Waals surface area (Å²) in [6.07, 6.45) is 3.83. The zero-order valence-electron chi connectivity index (χ0n) is 14.6. The first-order chi connectivity index (χ1) is 12.9. The number of nitrogens with zero attached hydrogens (tertiary/aromatic N) is 1. The van der Waals surface area contributed by atoms with Gasteiger partial charge in [0.25, 0.3) is 5.56 Å². The van der Waals surface area contributed by atoms with Gasteiger partial charge in [-0.25, -0.2) is 8.78 Å². The minimum absolute atomic E-state index is 0.0350. The molecular formula is C19H19F2N5O. The van der Waals surface area contributed by atoms with Crippen molar-refractivity contribution in [1.29, 1.82) is 10.8 Å². The SMILES string of the molecule is C/C(N)=C\C(=C(\F)C=N)n1ccc(NCc2ccccc2F)c(C=N)c1=O. The number of halogens is 2. The molecule has 0 fully saturated rings. The Morgan fingerprint density at radius 1 is 1.30 bits per heavy atom. The Hall–Kier alpha value is -3.55. The van der Waals surface area contributed by atoms with Crippen molar-refractivity contribution in [3.8, 4) is 0 Å². The van der Waals surface area contributed by atoms with E-state index in [-0.39, 0.29) is 23.5 Å². The van der Waals surface area contributed by atoms with Crippen LogP contribution in [0.3, 0.4) is 0 Å². The first-order valence-electron chi connectivity index (χ1n) is 7.96. The van der Waals surface area contributed by atoms with Gasteiger partial charge < -0.3 is 21.9 Å². The first-order valence-corrected chi connectivity index (χ1v) is 7.96. The summed E-state index contributed by atoms with van der Waals surface area (Å²) < 4.78 is 28.7. The predicted molar refractivity (Wildman–Crippen MR) is 103 cm³/mol. The van der Waals surface area contributed by atoms with E-state index in [4.69, 9.17) is 16.6 Å². The van der Waals surface area contributed by atoms with Crippen LogP contribution in [0, 0.1) is 16.6 Å². The van der Waals surface area contributed by atoms with E-state index in [0.29, 0.717) is 17.5 Å². The summed E-state index contributed by atoms with van der Waals surface area (Å²) in [5, 5.41) is 17.5. The lowest BCUT2D eigenvalue weighted by Gasteiger charge is -2.14. The maximum absolute atomic E-state index is 14.0. The molecule has 0 spiro atoms. The van der Waals surface area contributed by atoms with Crippen LogP contribution in [0.4, 0.5) is 14.5 Å². The standard InChI is InChI=1S/C19H19F2N5O/c1-12(24)8-18(16(21)10-23)26-7-6-17(14(9-22)19(26)27)25-11-13-4-2-3-5-15(13)20/h2-10,22-23,25H,11,24H2,1H3/b12-8+,18-16-,22-9?,23-10?. The number of anilines is 1. The average molecular weight is 371 g/mol. The Morgan fingerprint density at radius 2 is 2.00 bits per heavy atom. The van der Waals surface area contributed by atoms with Crippen molar-refractivity contribution in [2.75, 3.05) is 5.32 Å². The average Bonchev–Trinajstić information content (AvgIpc) is 2.65. The van der Waals surface area contributed by atoms with Gasteiger partial charge in [0.1, 0.15) is 5.82 Å². The van der Waals surface area contributed by atoms with Crippen molar-refractivity contribution in [3.63, 3.8) is 0 Å². The monoisotopic (exact) mass is 371 g/mol. The molecule has 0 unspecified atom stereocenters. The second-order valence-electron chi connectivity index (χ2n) is 5.67. The van der Waals surface area contributed by atoms with E-state index in [1.807, 2.05) is 0 Å². The minimum atomic E-state index is -0.954. The maximum atomic E-state index is 14.0. The highest BCUT2D eigenvalue weighted by molar-refractivity contribution is 5.88. The van der Waals surface area contributed by atoms with E-state index in [1.165, 1.54) is 31.3 Å². The molecule has 0 amide bonds. The lowest BCUT2D eigenvalue weighted by atomic mass is 10.2. The molecule has 27 heavy (non-hydrogen) atoms. The molecule has 1 aromatic carbocycles. The molecule has 2 aromatic rings. The Kier molecular flexibility index (Phi) is 6.37. The summed E-state index contributed by atoms with van der Waals surface area (Å²) in [6.45, 7) is 1.63. The third-order valence-corrected chi connectivity index (χ3v) is 3.70. The van der Waals surface area contributed by atoms with Gasteiger partial charge in [-0.1, -0.05) is 18.2 Å². The minimum Gasteiger partial charge on any atom is -0.402 e. The Labute approximate surface area is 154 Å². The Morgan fingerprint density at radius 3 is 2.59 bits per heavy atom. The molecule has 0 aliphatic carbocycles. The van der Waals surface area contributed by atoms with Crippen LogP contribution in [0.1, 0.15) is 18.1 Å². The van der Waals surface area contributed by atoms with Crippen molar-refractivity contribution in [2.24, 2.45) is 5.73 Å². The molecule has 1 heterocycles. The molecular weight excluding hydrogens is 352 g/mol. The largest absolute Gasteiger partial charge is 0.402 e. The highest BCUT2D eigenvalue weighted by Gasteiger charge is 2.13. The first kappa shape index (κ1) is 19.8. The molecule has 0 aliphatic rings. The van der Waals surface area contributed by atoms with Gasteiger partial charge in [0.2, 0.25) is 0 Å². The topological polar surface area (TPSA) is 108 Å². The normalized spacial score (nSPS) is 12.3. The van der Waals surface area contributed by atoms with Crippen LogP contribution in [0.25, 0.3) is 5.70 Å². The number of nitrogens with two attached hydrogens (primary N) is 1. The van der Waals surface area contributed by atoms with Crippen molar-refractivity contribution < 1.29 is 8.78 Å². The van der Waals surface area contributed by atoms with Gasteiger partial charge >= 0.3 is 0 Å². The molecule has 5 N–H and O–H groups in total. The number of pyridine rings is 1. The third kappa shape index (κ3) is 4.55. The summed E-state index contributed by atoms with van der Waals surface area (Å²) in [6, 6.07) is 7.66. The van der Waals surface area contributed by atoms with Crippen LogP contribution in [0.15, 0.2) is 58.9 Å². The van der Waals surface area contributed by atoms with Crippen molar-refractivity contribution in [2.45, 2.75) is 13.5 Å². The molecule has 0 bridgehead atoms. The van der Waals surface area contributed by atoms with Gasteiger partial charge in [-0.2, -0.15) is 0 Å². The smallest absolute Gasteiger partial charge is 0.266 e. The van der Waals surface area contributed by atoms with Crippen molar-refractivity contribution in [1.82, 2.24) is 4.57 Å². The summed E-state index contributed by atoms with van der Waals surface area (Å²) in [5.74, 6) is -1.35. The van der Waals surface area contributed by atoms with Gasteiger partial charge in [-0.05, 0) is 25.1 Å². The summed E-state index contributed by atoms with van der Waals surface area (Å²) in [4.78, 5) is 12.7. The van der Waals surface area contributed by atoms with Crippen molar-refractivity contribution in [3.05, 3.63) is 81.4 Å². The van der Waals surface area contributed by atoms with Gasteiger partial charge in [0, 0.05) is 30.2 Å². The van der Waals surface area contributed by atoms with E-state index in [9.17, 15) is 13.6 Å². The highest BCUT2D eigenvalue weighted by atomic mass is 19.1. The van der Waals surface area contributed by atoms with Crippen LogP contribution in [0.5, 0.6) is 0 Å². The zero-order valence-corrected chi connectivity index (χ0v) is 14.6.